The van der Waals surface area contributed by atoms with Gasteiger partial charge in [0.15, 0.2) is 0 Å². The van der Waals surface area contributed by atoms with E-state index in [4.69, 9.17) is 5.73 Å². The molecule has 1 aromatic rings. The Morgan fingerprint density at radius 2 is 2.17 bits per heavy atom. The van der Waals surface area contributed by atoms with E-state index in [1.807, 2.05) is 29.0 Å². The van der Waals surface area contributed by atoms with E-state index in [0.29, 0.717) is 36.7 Å². The average Bonchev–Trinajstić information content (AvgIpc) is 2.72. The van der Waals surface area contributed by atoms with Gasteiger partial charge in [0.2, 0.25) is 5.91 Å². The van der Waals surface area contributed by atoms with Crippen LogP contribution < -0.4 is 16.0 Å². The molecule has 0 spiro atoms. The minimum atomic E-state index is -0.0170. The summed E-state index contributed by atoms with van der Waals surface area (Å²) < 4.78 is 0. The van der Waals surface area contributed by atoms with Crippen molar-refractivity contribution < 1.29 is 9.59 Å². The number of hydrogen-bond acceptors (Lipinski definition) is 4. The molecule has 6 heteroatoms. The number of fused-ring (bicyclic) bond motifs is 1. The van der Waals surface area contributed by atoms with Gasteiger partial charge in [0.05, 0.1) is 11.4 Å². The van der Waals surface area contributed by atoms with Gasteiger partial charge in [-0.2, -0.15) is 0 Å². The Hall–Kier alpha value is -2.08. The van der Waals surface area contributed by atoms with Gasteiger partial charge in [0.1, 0.15) is 0 Å². The smallest absolute Gasteiger partial charge is 0.254 e. The predicted molar refractivity (Wildman–Crippen MR) is 95.2 cm³/mol. The van der Waals surface area contributed by atoms with Crippen molar-refractivity contribution in [1.29, 1.82) is 0 Å². The minimum Gasteiger partial charge on any atom is -0.372 e. The molecule has 2 atom stereocenters. The van der Waals surface area contributed by atoms with Crippen LogP contribution in [0.25, 0.3) is 0 Å². The summed E-state index contributed by atoms with van der Waals surface area (Å²) in [6, 6.07) is 5.65. The number of rotatable bonds is 2. The first-order chi connectivity index (χ1) is 11.5. The van der Waals surface area contributed by atoms with Gasteiger partial charge in [-0.3, -0.25) is 9.59 Å². The summed E-state index contributed by atoms with van der Waals surface area (Å²) in [6.07, 6.45) is 2.57. The van der Waals surface area contributed by atoms with E-state index in [1.165, 1.54) is 0 Å². The number of nitrogens with one attached hydrogen (secondary N) is 1. The van der Waals surface area contributed by atoms with Crippen LogP contribution in [0.2, 0.25) is 0 Å². The fourth-order valence-electron chi connectivity index (χ4n) is 3.73. The number of carbonyl (C=O) groups excluding carboxylic acids is 2. The highest BCUT2D eigenvalue weighted by Gasteiger charge is 2.31. The summed E-state index contributed by atoms with van der Waals surface area (Å²) in [5.74, 6) is 0.400. The van der Waals surface area contributed by atoms with Crippen LogP contribution in [0.3, 0.4) is 0 Å². The molecule has 2 aliphatic heterocycles. The van der Waals surface area contributed by atoms with E-state index < -0.39 is 0 Å². The lowest BCUT2D eigenvalue weighted by Crippen LogP contribution is -2.51. The molecule has 1 aromatic carbocycles. The second kappa shape index (κ2) is 6.81. The second-order valence-electron chi connectivity index (χ2n) is 6.87. The molecule has 6 nitrogen and oxygen atoms in total. The van der Waals surface area contributed by atoms with Crippen LogP contribution in [-0.2, 0) is 4.79 Å². The van der Waals surface area contributed by atoms with Gasteiger partial charge >= 0.3 is 0 Å². The highest BCUT2D eigenvalue weighted by atomic mass is 16.2. The molecule has 2 unspecified atom stereocenters. The zero-order valence-corrected chi connectivity index (χ0v) is 14.4. The highest BCUT2D eigenvalue weighted by Crippen LogP contribution is 2.31. The number of nitrogens with two attached hydrogens (primary N) is 1. The molecule has 0 aromatic heterocycles. The van der Waals surface area contributed by atoms with Crippen LogP contribution >= 0.6 is 0 Å². The number of amides is 2. The lowest BCUT2D eigenvalue weighted by Gasteiger charge is -2.39. The molecule has 24 heavy (non-hydrogen) atoms. The molecular formula is C18H26N4O2. The van der Waals surface area contributed by atoms with Gasteiger partial charge in [0, 0.05) is 44.7 Å². The van der Waals surface area contributed by atoms with E-state index in [2.05, 4.69) is 12.2 Å². The van der Waals surface area contributed by atoms with E-state index >= 15 is 0 Å². The van der Waals surface area contributed by atoms with Crippen LogP contribution in [0.4, 0.5) is 11.4 Å². The molecule has 130 valence electrons. The first kappa shape index (κ1) is 16.8. The van der Waals surface area contributed by atoms with Crippen molar-refractivity contribution in [1.82, 2.24) is 4.90 Å². The van der Waals surface area contributed by atoms with E-state index in [1.54, 1.807) is 6.07 Å². The summed E-state index contributed by atoms with van der Waals surface area (Å²) in [5, 5.41) is 2.91. The molecule has 0 aliphatic carbocycles. The fraction of sp³-hybridized carbons (Fsp3) is 0.556. The van der Waals surface area contributed by atoms with E-state index in [-0.39, 0.29) is 17.9 Å². The summed E-state index contributed by atoms with van der Waals surface area (Å²) in [5.41, 5.74) is 8.17. The standard InChI is InChI=1S/C18H26N4O2/c1-12-4-3-8-22(16(12)11-19)18(24)13-5-6-15-14(10-13)20-17(23)7-9-21(15)2/h5-6,10,12,16H,3-4,7-9,11,19H2,1-2H3,(H,20,23). The number of benzene rings is 1. The van der Waals surface area contributed by atoms with E-state index in [0.717, 1.165) is 25.1 Å². The third kappa shape index (κ3) is 3.11. The third-order valence-corrected chi connectivity index (χ3v) is 5.22. The number of anilines is 2. The lowest BCUT2D eigenvalue weighted by molar-refractivity contribution is -0.115. The monoisotopic (exact) mass is 330 g/mol. The Balaban J connectivity index is 1.89. The van der Waals surface area contributed by atoms with Gasteiger partial charge in [-0.25, -0.2) is 0 Å². The van der Waals surface area contributed by atoms with Crippen molar-refractivity contribution in [3.8, 4) is 0 Å². The topological polar surface area (TPSA) is 78.7 Å². The molecule has 0 bridgehead atoms. The first-order valence-corrected chi connectivity index (χ1v) is 8.67. The minimum absolute atomic E-state index is 0.000879. The Labute approximate surface area is 143 Å². The highest BCUT2D eigenvalue weighted by molar-refractivity contribution is 6.01. The Kier molecular flexibility index (Phi) is 4.76. The molecule has 1 saturated heterocycles. The molecule has 1 fully saturated rings. The molecule has 2 heterocycles. The number of likely N-dealkylation sites (tertiary alicyclic amines) is 1. The third-order valence-electron chi connectivity index (χ3n) is 5.22. The van der Waals surface area contributed by atoms with Gasteiger partial charge in [-0.15, -0.1) is 0 Å². The number of piperidine rings is 1. The molecule has 2 aliphatic rings. The average molecular weight is 330 g/mol. The van der Waals surface area contributed by atoms with Gasteiger partial charge in [0.25, 0.3) is 5.91 Å². The van der Waals surface area contributed by atoms with Crippen LogP contribution in [0.1, 0.15) is 36.5 Å². The van der Waals surface area contributed by atoms with Crippen LogP contribution in [0.5, 0.6) is 0 Å². The molecule has 2 amide bonds. The summed E-state index contributed by atoms with van der Waals surface area (Å²) >= 11 is 0. The van der Waals surface area contributed by atoms with Crippen LogP contribution in [0, 0.1) is 5.92 Å². The maximum atomic E-state index is 13.0. The fourth-order valence-corrected chi connectivity index (χ4v) is 3.73. The van der Waals surface area contributed by atoms with Crippen molar-refractivity contribution in [2.24, 2.45) is 11.7 Å². The Bertz CT molecular complexity index is 646. The maximum absolute atomic E-state index is 13.0. The molecule has 0 radical (unpaired) electrons. The number of nitrogens with zero attached hydrogens (tertiary/aromatic N) is 2. The van der Waals surface area contributed by atoms with Crippen molar-refractivity contribution in [3.63, 3.8) is 0 Å². The molecule has 3 N–H and O–H groups in total. The Morgan fingerprint density at radius 3 is 2.92 bits per heavy atom. The summed E-state index contributed by atoms with van der Waals surface area (Å²) in [4.78, 5) is 28.8. The van der Waals surface area contributed by atoms with Gasteiger partial charge in [-0.1, -0.05) is 6.92 Å². The predicted octanol–water partition coefficient (Wildman–Crippen LogP) is 1.66. The van der Waals surface area contributed by atoms with E-state index in [9.17, 15) is 9.59 Å². The van der Waals surface area contributed by atoms with Crippen molar-refractivity contribution >= 4 is 23.2 Å². The molecular weight excluding hydrogens is 304 g/mol. The van der Waals surface area contributed by atoms with Crippen LogP contribution in [0.15, 0.2) is 18.2 Å². The van der Waals surface area contributed by atoms with Crippen molar-refractivity contribution in [2.45, 2.75) is 32.2 Å². The zero-order valence-electron chi connectivity index (χ0n) is 14.4. The summed E-state index contributed by atoms with van der Waals surface area (Å²) in [6.45, 7) is 4.06. The Morgan fingerprint density at radius 1 is 1.38 bits per heavy atom. The molecule has 3 rings (SSSR count). The van der Waals surface area contributed by atoms with Crippen molar-refractivity contribution in [3.05, 3.63) is 23.8 Å². The summed E-state index contributed by atoms with van der Waals surface area (Å²) in [7, 11) is 1.96. The largest absolute Gasteiger partial charge is 0.372 e. The van der Waals surface area contributed by atoms with Crippen molar-refractivity contribution in [2.75, 3.05) is 36.9 Å². The quantitative estimate of drug-likeness (QED) is 0.864. The normalized spacial score (nSPS) is 24.2. The zero-order chi connectivity index (χ0) is 17.3. The first-order valence-electron chi connectivity index (χ1n) is 8.67. The number of carbonyl (C=O) groups is 2. The number of hydrogen-bond donors (Lipinski definition) is 2. The maximum Gasteiger partial charge on any atom is 0.254 e. The second-order valence-corrected chi connectivity index (χ2v) is 6.87. The SMILES string of the molecule is CC1CCCN(C(=O)c2ccc3c(c2)NC(=O)CCN3C)C1CN. The molecule has 0 saturated carbocycles. The van der Waals surface area contributed by atoms with Gasteiger partial charge in [-0.05, 0) is 37.0 Å². The lowest BCUT2D eigenvalue weighted by atomic mass is 9.90. The van der Waals surface area contributed by atoms with Crippen LogP contribution in [-0.4, -0.2) is 49.4 Å². The van der Waals surface area contributed by atoms with Gasteiger partial charge < -0.3 is 20.9 Å².